The van der Waals surface area contributed by atoms with Crippen molar-refractivity contribution in [2.75, 3.05) is 33.3 Å². The Morgan fingerprint density at radius 3 is 2.64 bits per heavy atom. The minimum Gasteiger partial charge on any atom is -0.391 e. The highest BCUT2D eigenvalue weighted by Crippen LogP contribution is 2.42. The van der Waals surface area contributed by atoms with Crippen LogP contribution < -0.4 is 5.32 Å². The van der Waals surface area contributed by atoms with Crippen molar-refractivity contribution in [3.05, 3.63) is 18.5 Å². The lowest BCUT2D eigenvalue weighted by Gasteiger charge is -2.37. The van der Waals surface area contributed by atoms with Crippen molar-refractivity contribution >= 4 is 5.91 Å². The largest absolute Gasteiger partial charge is 0.391 e. The minimum atomic E-state index is -0.668. The van der Waals surface area contributed by atoms with E-state index < -0.39 is 11.7 Å². The van der Waals surface area contributed by atoms with E-state index in [9.17, 15) is 9.90 Å². The number of aromatic nitrogens is 2. The molecule has 4 atom stereocenters. The Kier molecular flexibility index (Phi) is 4.56. The van der Waals surface area contributed by atoms with Crippen LogP contribution in [0, 0.1) is 11.8 Å². The van der Waals surface area contributed by atoms with Crippen LogP contribution in [0.2, 0.25) is 0 Å². The standard InChI is InChI=1S/C18H28N4O3/c1-25-18(3-6-19-7-4-18)17(24)21-11-13-9-15(22-8-2-5-20-22)16(23)10-14(13)12-21/h2,5,8,13-16,19,23H,3-4,6-7,9-12H2,1H3/t13-,14+,15-,16-/m1/s1. The molecule has 0 radical (unpaired) electrons. The van der Waals surface area contributed by atoms with E-state index in [1.807, 2.05) is 21.8 Å². The predicted octanol–water partition coefficient (Wildman–Crippen LogP) is 0.422. The topological polar surface area (TPSA) is 79.6 Å². The molecule has 0 aromatic carbocycles. The lowest BCUT2D eigenvalue weighted by Crippen LogP contribution is -2.55. The Bertz CT molecular complexity index is 599. The lowest BCUT2D eigenvalue weighted by molar-refractivity contribution is -0.157. The van der Waals surface area contributed by atoms with E-state index in [1.165, 1.54) is 0 Å². The van der Waals surface area contributed by atoms with Gasteiger partial charge < -0.3 is 20.1 Å². The molecule has 3 aliphatic rings. The number of likely N-dealkylation sites (tertiary alicyclic amines) is 1. The second kappa shape index (κ2) is 6.70. The van der Waals surface area contributed by atoms with Gasteiger partial charge in [-0.2, -0.15) is 5.10 Å². The van der Waals surface area contributed by atoms with Gasteiger partial charge in [0.05, 0.1) is 12.1 Å². The number of nitrogens with one attached hydrogen (secondary N) is 1. The van der Waals surface area contributed by atoms with E-state index in [0.717, 1.165) is 51.9 Å². The van der Waals surface area contributed by atoms with Crippen molar-refractivity contribution in [2.24, 2.45) is 11.8 Å². The number of carbonyl (C=O) groups is 1. The second-order valence-corrected chi connectivity index (χ2v) is 7.77. The molecule has 138 valence electrons. The summed E-state index contributed by atoms with van der Waals surface area (Å²) in [5.41, 5.74) is -0.668. The number of hydrogen-bond donors (Lipinski definition) is 2. The van der Waals surface area contributed by atoms with Crippen LogP contribution in [0.3, 0.4) is 0 Å². The number of aliphatic hydroxyl groups excluding tert-OH is 1. The first-order valence-electron chi connectivity index (χ1n) is 9.35. The zero-order chi connectivity index (χ0) is 17.4. The number of nitrogens with zero attached hydrogens (tertiary/aromatic N) is 3. The van der Waals surface area contributed by atoms with Crippen LogP contribution in [0.1, 0.15) is 31.7 Å². The molecule has 1 aromatic rings. The van der Waals surface area contributed by atoms with Gasteiger partial charge in [-0.1, -0.05) is 0 Å². The number of aliphatic hydroxyl groups is 1. The summed E-state index contributed by atoms with van der Waals surface area (Å²) in [6.07, 6.45) is 6.34. The molecule has 7 nitrogen and oxygen atoms in total. The van der Waals surface area contributed by atoms with Crippen molar-refractivity contribution in [3.8, 4) is 0 Å². The first-order chi connectivity index (χ1) is 12.1. The molecular weight excluding hydrogens is 320 g/mol. The third-order valence-electron chi connectivity index (χ3n) is 6.45. The van der Waals surface area contributed by atoms with Gasteiger partial charge >= 0.3 is 0 Å². The maximum atomic E-state index is 13.2. The molecule has 2 aliphatic heterocycles. The molecule has 25 heavy (non-hydrogen) atoms. The zero-order valence-corrected chi connectivity index (χ0v) is 14.8. The van der Waals surface area contributed by atoms with Crippen LogP contribution in [0.5, 0.6) is 0 Å². The smallest absolute Gasteiger partial charge is 0.254 e. The molecule has 0 unspecified atom stereocenters. The Morgan fingerprint density at radius 1 is 1.28 bits per heavy atom. The molecule has 2 saturated heterocycles. The SMILES string of the molecule is COC1(C(=O)N2C[C@H]3C[C@@H](n4cccn4)[C@H](O)C[C@H]3C2)CCNCC1. The maximum absolute atomic E-state index is 13.2. The lowest BCUT2D eigenvalue weighted by atomic mass is 9.77. The summed E-state index contributed by atoms with van der Waals surface area (Å²) in [5.74, 6) is 0.939. The number of piperidine rings is 1. The Morgan fingerprint density at radius 2 is 2.00 bits per heavy atom. The van der Waals surface area contributed by atoms with Gasteiger partial charge in [-0.25, -0.2) is 0 Å². The van der Waals surface area contributed by atoms with Gasteiger partial charge in [0.2, 0.25) is 0 Å². The summed E-state index contributed by atoms with van der Waals surface area (Å²) < 4.78 is 7.58. The number of hydrogen-bond acceptors (Lipinski definition) is 5. The molecule has 0 bridgehead atoms. The Hall–Kier alpha value is -1.44. The van der Waals surface area contributed by atoms with Gasteiger partial charge in [0.25, 0.3) is 5.91 Å². The average molecular weight is 348 g/mol. The van der Waals surface area contributed by atoms with E-state index >= 15 is 0 Å². The number of ether oxygens (including phenoxy) is 1. The number of fused-ring (bicyclic) bond motifs is 1. The van der Waals surface area contributed by atoms with Gasteiger partial charge in [0.15, 0.2) is 0 Å². The second-order valence-electron chi connectivity index (χ2n) is 7.77. The third-order valence-corrected chi connectivity index (χ3v) is 6.45. The van der Waals surface area contributed by atoms with Gasteiger partial charge in [0.1, 0.15) is 5.60 Å². The van der Waals surface area contributed by atoms with Crippen LogP contribution in [0.25, 0.3) is 0 Å². The molecule has 0 spiro atoms. The number of methoxy groups -OCH3 is 1. The minimum absolute atomic E-state index is 0.0153. The summed E-state index contributed by atoms with van der Waals surface area (Å²) in [6, 6.07) is 1.91. The van der Waals surface area contributed by atoms with Gasteiger partial charge in [0, 0.05) is 32.6 Å². The van der Waals surface area contributed by atoms with Crippen molar-refractivity contribution in [3.63, 3.8) is 0 Å². The summed E-state index contributed by atoms with van der Waals surface area (Å²) in [7, 11) is 1.66. The van der Waals surface area contributed by atoms with E-state index in [-0.39, 0.29) is 11.9 Å². The zero-order valence-electron chi connectivity index (χ0n) is 14.8. The molecule has 1 saturated carbocycles. The summed E-state index contributed by atoms with van der Waals surface area (Å²) in [5, 5.41) is 18.2. The van der Waals surface area contributed by atoms with Crippen LogP contribution in [-0.4, -0.2) is 70.7 Å². The number of carbonyl (C=O) groups excluding carboxylic acids is 1. The molecule has 3 heterocycles. The van der Waals surface area contributed by atoms with Crippen LogP contribution in [0.15, 0.2) is 18.5 Å². The van der Waals surface area contributed by atoms with E-state index in [4.69, 9.17) is 4.74 Å². The molecule has 4 rings (SSSR count). The van der Waals surface area contributed by atoms with Crippen LogP contribution in [-0.2, 0) is 9.53 Å². The van der Waals surface area contributed by atoms with Gasteiger partial charge in [-0.05, 0) is 56.7 Å². The van der Waals surface area contributed by atoms with Crippen molar-refractivity contribution in [2.45, 2.75) is 43.4 Å². The molecule has 3 fully saturated rings. The molecule has 7 heteroatoms. The summed E-state index contributed by atoms with van der Waals surface area (Å²) in [4.78, 5) is 15.2. The quantitative estimate of drug-likeness (QED) is 0.828. The molecule has 2 N–H and O–H groups in total. The fourth-order valence-corrected chi connectivity index (χ4v) is 4.96. The van der Waals surface area contributed by atoms with E-state index in [1.54, 1.807) is 13.3 Å². The van der Waals surface area contributed by atoms with Crippen molar-refractivity contribution in [1.82, 2.24) is 20.0 Å². The van der Waals surface area contributed by atoms with Gasteiger partial charge in [-0.3, -0.25) is 9.48 Å². The average Bonchev–Trinajstić information content (AvgIpc) is 3.30. The monoisotopic (exact) mass is 348 g/mol. The Labute approximate surface area is 148 Å². The van der Waals surface area contributed by atoms with E-state index in [2.05, 4.69) is 10.4 Å². The van der Waals surface area contributed by atoms with Crippen LogP contribution in [0.4, 0.5) is 0 Å². The number of rotatable bonds is 3. The fraction of sp³-hybridized carbons (Fsp3) is 0.778. The van der Waals surface area contributed by atoms with E-state index in [0.29, 0.717) is 11.8 Å². The highest BCUT2D eigenvalue weighted by molar-refractivity contribution is 5.85. The highest BCUT2D eigenvalue weighted by Gasteiger charge is 2.48. The maximum Gasteiger partial charge on any atom is 0.254 e. The molecular formula is C18H28N4O3. The summed E-state index contributed by atoms with van der Waals surface area (Å²) in [6.45, 7) is 3.15. The molecule has 1 aliphatic carbocycles. The first kappa shape index (κ1) is 17.0. The van der Waals surface area contributed by atoms with Crippen molar-refractivity contribution < 1.29 is 14.6 Å². The first-order valence-corrected chi connectivity index (χ1v) is 9.35. The van der Waals surface area contributed by atoms with Crippen LogP contribution >= 0.6 is 0 Å². The molecule has 1 aromatic heterocycles. The third kappa shape index (κ3) is 2.98. The highest BCUT2D eigenvalue weighted by atomic mass is 16.5. The fourth-order valence-electron chi connectivity index (χ4n) is 4.96. The normalized spacial score (nSPS) is 34.7. The predicted molar refractivity (Wildman–Crippen MR) is 91.9 cm³/mol. The Balaban J connectivity index is 1.46. The van der Waals surface area contributed by atoms with Gasteiger partial charge in [-0.15, -0.1) is 0 Å². The molecule has 1 amide bonds. The summed E-state index contributed by atoms with van der Waals surface area (Å²) >= 11 is 0. The number of amides is 1. The van der Waals surface area contributed by atoms with Crippen molar-refractivity contribution in [1.29, 1.82) is 0 Å².